The second-order valence-corrected chi connectivity index (χ2v) is 4.68. The molecule has 0 saturated heterocycles. The summed E-state index contributed by atoms with van der Waals surface area (Å²) in [4.78, 5) is 7.84. The van der Waals surface area contributed by atoms with Crippen molar-refractivity contribution in [3.63, 3.8) is 0 Å². The molecule has 0 radical (unpaired) electrons. The van der Waals surface area contributed by atoms with Crippen molar-refractivity contribution in [1.29, 1.82) is 0 Å². The number of nitrogens with zero attached hydrogens (tertiary/aromatic N) is 2. The maximum absolute atomic E-state index is 12.1. The van der Waals surface area contributed by atoms with E-state index in [0.29, 0.717) is 30.6 Å². The highest BCUT2D eigenvalue weighted by Gasteiger charge is 2.26. The first-order valence-corrected chi connectivity index (χ1v) is 6.98. The van der Waals surface area contributed by atoms with Crippen molar-refractivity contribution in [3.8, 4) is 0 Å². The van der Waals surface area contributed by atoms with E-state index in [1.807, 2.05) is 13.0 Å². The smallest absolute Gasteiger partial charge is 0.357 e. The molecule has 1 aromatic rings. The van der Waals surface area contributed by atoms with Crippen LogP contribution in [0.4, 0.5) is 13.2 Å². The summed E-state index contributed by atoms with van der Waals surface area (Å²) >= 11 is 5.68. The van der Waals surface area contributed by atoms with Crippen LogP contribution in [0.1, 0.15) is 18.9 Å². The molecule has 0 spiro atoms. The van der Waals surface area contributed by atoms with Crippen LogP contribution in [-0.4, -0.2) is 36.8 Å². The molecular formula is C13H18ClF3N4. The van der Waals surface area contributed by atoms with Gasteiger partial charge in [-0.05, 0) is 25.0 Å². The number of aromatic nitrogens is 1. The SMILES string of the molecule is CCNC(=NCCC(F)(F)F)NCCc1ccc(Cl)nc1. The molecule has 0 aliphatic rings. The zero-order valence-electron chi connectivity index (χ0n) is 11.7. The van der Waals surface area contributed by atoms with Gasteiger partial charge in [0.25, 0.3) is 0 Å². The second kappa shape index (κ2) is 8.71. The molecule has 0 unspecified atom stereocenters. The highest BCUT2D eigenvalue weighted by molar-refractivity contribution is 6.29. The minimum atomic E-state index is -4.18. The number of hydrogen-bond acceptors (Lipinski definition) is 2. The van der Waals surface area contributed by atoms with Gasteiger partial charge in [-0.2, -0.15) is 13.2 Å². The van der Waals surface area contributed by atoms with Gasteiger partial charge in [-0.1, -0.05) is 17.7 Å². The normalized spacial score (nSPS) is 12.3. The van der Waals surface area contributed by atoms with Crippen molar-refractivity contribution < 1.29 is 13.2 Å². The molecule has 4 nitrogen and oxygen atoms in total. The third-order valence-corrected chi connectivity index (χ3v) is 2.73. The van der Waals surface area contributed by atoms with Crippen LogP contribution in [0.15, 0.2) is 23.3 Å². The van der Waals surface area contributed by atoms with Crippen molar-refractivity contribution in [1.82, 2.24) is 15.6 Å². The summed E-state index contributed by atoms with van der Waals surface area (Å²) in [6, 6.07) is 3.55. The van der Waals surface area contributed by atoms with E-state index in [9.17, 15) is 13.2 Å². The molecule has 0 aliphatic heterocycles. The Labute approximate surface area is 126 Å². The standard InChI is InChI=1S/C13H18ClF3N4/c1-2-18-12(20-8-6-13(15,16)17)19-7-5-10-3-4-11(14)21-9-10/h3-4,9H,2,5-8H2,1H3,(H2,18,19,20). The van der Waals surface area contributed by atoms with E-state index in [4.69, 9.17) is 11.6 Å². The maximum atomic E-state index is 12.1. The Bertz CT molecular complexity index is 446. The van der Waals surface area contributed by atoms with Crippen molar-refractivity contribution in [2.45, 2.75) is 25.9 Å². The lowest BCUT2D eigenvalue weighted by Gasteiger charge is -2.11. The van der Waals surface area contributed by atoms with Gasteiger partial charge in [-0.3, -0.25) is 4.99 Å². The van der Waals surface area contributed by atoms with E-state index in [1.165, 1.54) is 0 Å². The summed E-state index contributed by atoms with van der Waals surface area (Å²) in [6.07, 6.45) is -2.77. The highest BCUT2D eigenvalue weighted by atomic mass is 35.5. The van der Waals surface area contributed by atoms with Crippen molar-refractivity contribution in [3.05, 3.63) is 29.0 Å². The van der Waals surface area contributed by atoms with Gasteiger partial charge in [0.1, 0.15) is 5.15 Å². The molecule has 0 atom stereocenters. The average Bonchev–Trinajstić information content (AvgIpc) is 2.39. The summed E-state index contributed by atoms with van der Waals surface area (Å²) in [7, 11) is 0. The van der Waals surface area contributed by atoms with E-state index in [2.05, 4.69) is 20.6 Å². The first-order valence-electron chi connectivity index (χ1n) is 6.60. The predicted molar refractivity (Wildman–Crippen MR) is 77.6 cm³/mol. The Morgan fingerprint density at radius 1 is 1.33 bits per heavy atom. The monoisotopic (exact) mass is 322 g/mol. The van der Waals surface area contributed by atoms with E-state index in [1.54, 1.807) is 12.3 Å². The molecule has 21 heavy (non-hydrogen) atoms. The van der Waals surface area contributed by atoms with E-state index in [0.717, 1.165) is 5.56 Å². The molecule has 0 amide bonds. The molecule has 1 rings (SSSR count). The molecule has 0 saturated carbocycles. The summed E-state index contributed by atoms with van der Waals surface area (Å²) in [5.74, 6) is 0.378. The van der Waals surface area contributed by atoms with E-state index < -0.39 is 12.6 Å². The largest absolute Gasteiger partial charge is 0.390 e. The zero-order chi connectivity index (χ0) is 15.7. The van der Waals surface area contributed by atoms with Gasteiger partial charge in [0.2, 0.25) is 0 Å². The summed E-state index contributed by atoms with van der Waals surface area (Å²) < 4.78 is 36.2. The van der Waals surface area contributed by atoms with Crippen molar-refractivity contribution in [2.75, 3.05) is 19.6 Å². The van der Waals surface area contributed by atoms with Crippen LogP contribution in [0.2, 0.25) is 5.15 Å². The molecule has 1 aromatic heterocycles. The highest BCUT2D eigenvalue weighted by Crippen LogP contribution is 2.18. The lowest BCUT2D eigenvalue weighted by Crippen LogP contribution is -2.38. The number of guanidine groups is 1. The van der Waals surface area contributed by atoms with Gasteiger partial charge in [0.05, 0.1) is 13.0 Å². The van der Waals surface area contributed by atoms with Crippen LogP contribution in [-0.2, 0) is 6.42 Å². The molecule has 2 N–H and O–H groups in total. The third kappa shape index (κ3) is 8.39. The first kappa shape index (κ1) is 17.6. The summed E-state index contributed by atoms with van der Waals surface area (Å²) in [5, 5.41) is 6.30. The molecule has 118 valence electrons. The fourth-order valence-electron chi connectivity index (χ4n) is 1.52. The second-order valence-electron chi connectivity index (χ2n) is 4.29. The van der Waals surface area contributed by atoms with Crippen molar-refractivity contribution in [2.24, 2.45) is 4.99 Å². The summed E-state index contributed by atoms with van der Waals surface area (Å²) in [6.45, 7) is 2.69. The van der Waals surface area contributed by atoms with Crippen LogP contribution >= 0.6 is 11.6 Å². The van der Waals surface area contributed by atoms with Gasteiger partial charge < -0.3 is 10.6 Å². The topological polar surface area (TPSA) is 49.3 Å². The van der Waals surface area contributed by atoms with Gasteiger partial charge in [-0.15, -0.1) is 0 Å². The number of rotatable bonds is 6. The number of halogens is 4. The minimum absolute atomic E-state index is 0.290. The molecule has 1 heterocycles. The molecule has 0 aliphatic carbocycles. The number of aliphatic imine (C=N–C) groups is 1. The maximum Gasteiger partial charge on any atom is 0.390 e. The fourth-order valence-corrected chi connectivity index (χ4v) is 1.63. The fraction of sp³-hybridized carbons (Fsp3) is 0.538. The third-order valence-electron chi connectivity index (χ3n) is 2.50. The molecule has 0 bridgehead atoms. The minimum Gasteiger partial charge on any atom is -0.357 e. The van der Waals surface area contributed by atoms with Gasteiger partial charge in [-0.25, -0.2) is 4.98 Å². The Balaban J connectivity index is 2.39. The number of nitrogens with one attached hydrogen (secondary N) is 2. The molecule has 0 aromatic carbocycles. The van der Waals surface area contributed by atoms with E-state index in [-0.39, 0.29) is 6.54 Å². The molecular weight excluding hydrogens is 305 g/mol. The summed E-state index contributed by atoms with van der Waals surface area (Å²) in [5.41, 5.74) is 0.984. The Hall–Kier alpha value is -1.50. The van der Waals surface area contributed by atoms with Crippen molar-refractivity contribution >= 4 is 17.6 Å². The van der Waals surface area contributed by atoms with Crippen LogP contribution in [0, 0.1) is 0 Å². The van der Waals surface area contributed by atoms with Crippen LogP contribution < -0.4 is 10.6 Å². The van der Waals surface area contributed by atoms with Gasteiger partial charge in [0, 0.05) is 19.3 Å². The predicted octanol–water partition coefficient (Wildman–Crippen LogP) is 2.79. The van der Waals surface area contributed by atoms with Crippen LogP contribution in [0.5, 0.6) is 0 Å². The number of alkyl halides is 3. The number of hydrogen-bond donors (Lipinski definition) is 2. The quantitative estimate of drug-likeness (QED) is 0.481. The Morgan fingerprint density at radius 2 is 2.10 bits per heavy atom. The number of pyridine rings is 1. The van der Waals surface area contributed by atoms with Crippen LogP contribution in [0.3, 0.4) is 0 Å². The lowest BCUT2D eigenvalue weighted by molar-refractivity contribution is -0.132. The van der Waals surface area contributed by atoms with Crippen LogP contribution in [0.25, 0.3) is 0 Å². The lowest BCUT2D eigenvalue weighted by atomic mass is 10.2. The zero-order valence-corrected chi connectivity index (χ0v) is 12.4. The van der Waals surface area contributed by atoms with Gasteiger partial charge in [0.15, 0.2) is 5.96 Å². The Morgan fingerprint density at radius 3 is 2.67 bits per heavy atom. The Kier molecular flexibility index (Phi) is 7.28. The molecule has 0 fully saturated rings. The first-order chi connectivity index (χ1) is 9.90. The molecule has 8 heteroatoms. The average molecular weight is 323 g/mol. The van der Waals surface area contributed by atoms with E-state index >= 15 is 0 Å². The van der Waals surface area contributed by atoms with Gasteiger partial charge >= 0.3 is 6.18 Å².